The summed E-state index contributed by atoms with van der Waals surface area (Å²) >= 11 is 1.41. The van der Waals surface area contributed by atoms with Crippen LogP contribution in [0, 0.1) is 12.7 Å². The Bertz CT molecular complexity index is 1000. The lowest BCUT2D eigenvalue weighted by Crippen LogP contribution is -2.12. The number of fused-ring (bicyclic) bond motifs is 1. The summed E-state index contributed by atoms with van der Waals surface area (Å²) in [5.74, 6) is -0.577. The monoisotopic (exact) mass is 385 g/mol. The van der Waals surface area contributed by atoms with Crippen molar-refractivity contribution in [3.63, 3.8) is 0 Å². The summed E-state index contributed by atoms with van der Waals surface area (Å²) < 4.78 is 14.5. The van der Waals surface area contributed by atoms with Crippen LogP contribution < -0.4 is 10.6 Å². The first kappa shape index (κ1) is 19.0. The average Bonchev–Trinajstić information content (AvgIpc) is 3.04. The number of hydrogen-bond acceptors (Lipinski definition) is 4. The van der Waals surface area contributed by atoms with Gasteiger partial charge in [0.05, 0.1) is 10.2 Å². The standard InChI is InChI=1S/C20H20FN3O2S/c1-3-18(25)24-20-23-16-8-5-13(10-17(16)27-20)6-9-19(26)22-14-7-4-12(2)15(21)11-14/h4-5,7-8,10-11H,3,6,9H2,1-2H3,(H,22,26)(H,23,24,25). The summed E-state index contributed by atoms with van der Waals surface area (Å²) in [7, 11) is 0. The van der Waals surface area contributed by atoms with Gasteiger partial charge in [-0.05, 0) is 48.7 Å². The van der Waals surface area contributed by atoms with E-state index < -0.39 is 0 Å². The highest BCUT2D eigenvalue weighted by molar-refractivity contribution is 7.22. The predicted octanol–water partition coefficient (Wildman–Crippen LogP) is 4.66. The van der Waals surface area contributed by atoms with Gasteiger partial charge >= 0.3 is 0 Å². The van der Waals surface area contributed by atoms with E-state index in [1.807, 2.05) is 18.2 Å². The number of benzene rings is 2. The number of aryl methyl sites for hydroxylation is 2. The summed E-state index contributed by atoms with van der Waals surface area (Å²) in [5, 5.41) is 6.05. The normalized spacial score (nSPS) is 10.8. The van der Waals surface area contributed by atoms with Gasteiger partial charge in [0.1, 0.15) is 5.82 Å². The van der Waals surface area contributed by atoms with Crippen molar-refractivity contribution in [2.45, 2.75) is 33.1 Å². The number of halogens is 1. The molecule has 0 radical (unpaired) electrons. The Balaban J connectivity index is 1.61. The van der Waals surface area contributed by atoms with Crippen molar-refractivity contribution in [2.24, 2.45) is 0 Å². The molecule has 0 fully saturated rings. The Morgan fingerprint density at radius 1 is 1.11 bits per heavy atom. The average molecular weight is 385 g/mol. The number of thiazole rings is 1. The number of anilines is 2. The van der Waals surface area contributed by atoms with E-state index in [-0.39, 0.29) is 17.6 Å². The van der Waals surface area contributed by atoms with Crippen LogP contribution in [0.4, 0.5) is 15.2 Å². The van der Waals surface area contributed by atoms with Crippen LogP contribution in [0.5, 0.6) is 0 Å². The van der Waals surface area contributed by atoms with Crippen LogP contribution in [0.1, 0.15) is 30.9 Å². The smallest absolute Gasteiger partial charge is 0.225 e. The van der Waals surface area contributed by atoms with Crippen molar-refractivity contribution in [1.29, 1.82) is 0 Å². The molecule has 0 saturated heterocycles. The second-order valence-electron chi connectivity index (χ2n) is 6.23. The number of hydrogen-bond donors (Lipinski definition) is 2. The van der Waals surface area contributed by atoms with Crippen LogP contribution in [0.15, 0.2) is 36.4 Å². The molecular formula is C20H20FN3O2S. The van der Waals surface area contributed by atoms with Crippen LogP contribution in [0.2, 0.25) is 0 Å². The van der Waals surface area contributed by atoms with Crippen molar-refractivity contribution in [3.8, 4) is 0 Å². The number of nitrogens with zero attached hydrogens (tertiary/aromatic N) is 1. The summed E-state index contributed by atoms with van der Waals surface area (Å²) in [6, 6.07) is 10.4. The molecule has 2 amide bonds. The lowest BCUT2D eigenvalue weighted by Gasteiger charge is -2.06. The maximum absolute atomic E-state index is 13.6. The van der Waals surface area contributed by atoms with Gasteiger partial charge in [0, 0.05) is 18.5 Å². The molecule has 3 rings (SSSR count). The minimum Gasteiger partial charge on any atom is -0.326 e. The molecule has 0 spiro atoms. The molecule has 0 aliphatic rings. The highest BCUT2D eigenvalue weighted by atomic mass is 32.1. The Kier molecular flexibility index (Phi) is 5.81. The van der Waals surface area contributed by atoms with Gasteiger partial charge in [-0.2, -0.15) is 0 Å². The number of amides is 2. The number of carbonyl (C=O) groups is 2. The van der Waals surface area contributed by atoms with Crippen LogP contribution in [0.25, 0.3) is 10.2 Å². The molecule has 0 unspecified atom stereocenters. The van der Waals surface area contributed by atoms with E-state index >= 15 is 0 Å². The molecule has 1 heterocycles. The van der Waals surface area contributed by atoms with Gasteiger partial charge < -0.3 is 10.6 Å². The fraction of sp³-hybridized carbons (Fsp3) is 0.250. The van der Waals surface area contributed by atoms with E-state index in [0.717, 1.165) is 15.8 Å². The van der Waals surface area contributed by atoms with Crippen molar-refractivity contribution >= 4 is 44.2 Å². The highest BCUT2D eigenvalue weighted by Crippen LogP contribution is 2.27. The largest absolute Gasteiger partial charge is 0.326 e. The quantitative estimate of drug-likeness (QED) is 0.648. The minimum atomic E-state index is -0.339. The Hall–Kier alpha value is -2.80. The molecule has 3 aromatic rings. The van der Waals surface area contributed by atoms with E-state index in [1.165, 1.54) is 17.4 Å². The van der Waals surface area contributed by atoms with Gasteiger partial charge in [0.15, 0.2) is 5.13 Å². The number of aromatic nitrogens is 1. The first-order chi connectivity index (χ1) is 12.9. The van der Waals surface area contributed by atoms with Crippen LogP contribution in [-0.2, 0) is 16.0 Å². The molecule has 0 atom stereocenters. The fourth-order valence-electron chi connectivity index (χ4n) is 2.54. The zero-order chi connectivity index (χ0) is 19.4. The Labute approximate surface area is 160 Å². The maximum Gasteiger partial charge on any atom is 0.225 e. The summed E-state index contributed by atoms with van der Waals surface area (Å²) in [6.07, 6.45) is 1.26. The van der Waals surface area contributed by atoms with Crippen LogP contribution in [0.3, 0.4) is 0 Å². The minimum absolute atomic E-state index is 0.0708. The molecule has 0 aliphatic carbocycles. The zero-order valence-electron chi connectivity index (χ0n) is 15.1. The van der Waals surface area contributed by atoms with Crippen molar-refractivity contribution in [3.05, 3.63) is 53.3 Å². The third-order valence-corrected chi connectivity index (χ3v) is 5.05. The molecule has 140 valence electrons. The van der Waals surface area contributed by atoms with E-state index in [4.69, 9.17) is 0 Å². The van der Waals surface area contributed by atoms with Gasteiger partial charge in [0.25, 0.3) is 0 Å². The molecule has 2 aromatic carbocycles. The summed E-state index contributed by atoms with van der Waals surface area (Å²) in [6.45, 7) is 3.46. The van der Waals surface area contributed by atoms with Gasteiger partial charge in [-0.1, -0.05) is 30.4 Å². The lowest BCUT2D eigenvalue weighted by atomic mass is 10.1. The van der Waals surface area contributed by atoms with Crippen molar-refractivity contribution in [2.75, 3.05) is 10.6 Å². The Morgan fingerprint density at radius 3 is 2.67 bits per heavy atom. The molecule has 5 nitrogen and oxygen atoms in total. The first-order valence-electron chi connectivity index (χ1n) is 8.70. The molecule has 0 saturated carbocycles. The van der Waals surface area contributed by atoms with E-state index in [9.17, 15) is 14.0 Å². The second kappa shape index (κ2) is 8.26. The van der Waals surface area contributed by atoms with Gasteiger partial charge in [-0.25, -0.2) is 9.37 Å². The molecule has 2 N–H and O–H groups in total. The molecular weight excluding hydrogens is 365 g/mol. The van der Waals surface area contributed by atoms with Crippen molar-refractivity contribution < 1.29 is 14.0 Å². The molecule has 0 aliphatic heterocycles. The van der Waals surface area contributed by atoms with E-state index in [1.54, 1.807) is 26.0 Å². The number of rotatable bonds is 6. The van der Waals surface area contributed by atoms with Crippen LogP contribution in [-0.4, -0.2) is 16.8 Å². The van der Waals surface area contributed by atoms with Gasteiger partial charge in [-0.15, -0.1) is 0 Å². The third-order valence-electron chi connectivity index (χ3n) is 4.12. The molecule has 27 heavy (non-hydrogen) atoms. The SMILES string of the molecule is CCC(=O)Nc1nc2ccc(CCC(=O)Nc3ccc(C)c(F)c3)cc2s1. The van der Waals surface area contributed by atoms with Crippen molar-refractivity contribution in [1.82, 2.24) is 4.98 Å². The highest BCUT2D eigenvalue weighted by Gasteiger charge is 2.09. The first-order valence-corrected chi connectivity index (χ1v) is 9.51. The Morgan fingerprint density at radius 2 is 1.93 bits per heavy atom. The summed E-state index contributed by atoms with van der Waals surface area (Å²) in [4.78, 5) is 28.0. The topological polar surface area (TPSA) is 71.1 Å². The predicted molar refractivity (Wildman–Crippen MR) is 107 cm³/mol. The summed E-state index contributed by atoms with van der Waals surface area (Å²) in [5.41, 5.74) is 2.82. The maximum atomic E-state index is 13.6. The lowest BCUT2D eigenvalue weighted by molar-refractivity contribution is -0.116. The third kappa shape index (κ3) is 4.89. The molecule has 1 aromatic heterocycles. The fourth-order valence-corrected chi connectivity index (χ4v) is 3.48. The number of carbonyl (C=O) groups excluding carboxylic acids is 2. The molecule has 0 bridgehead atoms. The van der Waals surface area contributed by atoms with Crippen LogP contribution >= 0.6 is 11.3 Å². The van der Waals surface area contributed by atoms with E-state index in [2.05, 4.69) is 15.6 Å². The number of nitrogens with one attached hydrogen (secondary N) is 2. The van der Waals surface area contributed by atoms with Gasteiger partial charge in [-0.3, -0.25) is 9.59 Å². The van der Waals surface area contributed by atoms with E-state index in [0.29, 0.717) is 35.6 Å². The van der Waals surface area contributed by atoms with Gasteiger partial charge in [0.2, 0.25) is 11.8 Å². The molecule has 7 heteroatoms. The zero-order valence-corrected chi connectivity index (χ0v) is 16.0. The second-order valence-corrected chi connectivity index (χ2v) is 7.27.